The molecule has 0 aliphatic carbocycles. The van der Waals surface area contributed by atoms with Crippen molar-refractivity contribution in [3.63, 3.8) is 0 Å². The van der Waals surface area contributed by atoms with Crippen LogP contribution >= 0.6 is 0 Å². The fourth-order valence-corrected chi connectivity index (χ4v) is 1.85. The molecule has 0 amide bonds. The standard InChI is InChI=1S/C10H16N2O6/c1-2-18-10(16)7(11-17)5-12-4-6(13)3-8(12)9(14)15/h6,8,13,17H,2-5H2,1H3,(H,14,15)/b11-7-. The van der Waals surface area contributed by atoms with Gasteiger partial charge in [0, 0.05) is 13.0 Å². The molecule has 2 unspecified atom stereocenters. The predicted octanol–water partition coefficient (Wildman–Crippen LogP) is -1.10. The Balaban J connectivity index is 2.69. The van der Waals surface area contributed by atoms with Gasteiger partial charge in [-0.15, -0.1) is 0 Å². The van der Waals surface area contributed by atoms with Gasteiger partial charge in [-0.25, -0.2) is 4.79 Å². The van der Waals surface area contributed by atoms with Crippen molar-refractivity contribution in [1.82, 2.24) is 4.90 Å². The quantitative estimate of drug-likeness (QED) is 0.248. The van der Waals surface area contributed by atoms with E-state index in [4.69, 9.17) is 10.3 Å². The van der Waals surface area contributed by atoms with Crippen LogP contribution in [-0.2, 0) is 14.3 Å². The third-order valence-corrected chi connectivity index (χ3v) is 2.65. The number of carboxylic acid groups (broad SMARTS) is 1. The summed E-state index contributed by atoms with van der Waals surface area (Å²) in [5.74, 6) is -1.89. The molecule has 0 aromatic carbocycles. The zero-order chi connectivity index (χ0) is 13.7. The van der Waals surface area contributed by atoms with Crippen LogP contribution in [0.4, 0.5) is 0 Å². The number of aliphatic carboxylic acids is 1. The number of β-amino-alcohol motifs (C(OH)–C–C–N with tert-alkyl or cyclic N) is 1. The first-order valence-electron chi connectivity index (χ1n) is 5.52. The number of carbonyl (C=O) groups excluding carboxylic acids is 1. The van der Waals surface area contributed by atoms with Crippen LogP contribution in [0, 0.1) is 0 Å². The lowest BCUT2D eigenvalue weighted by Crippen LogP contribution is -2.41. The van der Waals surface area contributed by atoms with Gasteiger partial charge in [0.1, 0.15) is 6.04 Å². The highest BCUT2D eigenvalue weighted by Crippen LogP contribution is 2.17. The van der Waals surface area contributed by atoms with Gasteiger partial charge in [-0.3, -0.25) is 9.69 Å². The molecule has 0 aromatic rings. The SMILES string of the molecule is CCOC(=O)/C(CN1CC(O)CC1C(=O)O)=N\O. The predicted molar refractivity (Wildman–Crippen MR) is 59.5 cm³/mol. The molecule has 1 aliphatic heterocycles. The van der Waals surface area contributed by atoms with E-state index in [1.807, 2.05) is 0 Å². The molecule has 8 nitrogen and oxygen atoms in total. The third-order valence-electron chi connectivity index (χ3n) is 2.65. The normalized spacial score (nSPS) is 25.1. The van der Waals surface area contributed by atoms with Gasteiger partial charge in [0.25, 0.3) is 0 Å². The number of carboxylic acids is 1. The highest BCUT2D eigenvalue weighted by Gasteiger charge is 2.37. The number of oxime groups is 1. The molecule has 0 saturated carbocycles. The smallest absolute Gasteiger partial charge is 0.357 e. The maximum Gasteiger partial charge on any atom is 0.357 e. The molecule has 1 fully saturated rings. The van der Waals surface area contributed by atoms with Crippen molar-refractivity contribution in [2.24, 2.45) is 5.16 Å². The van der Waals surface area contributed by atoms with Crippen molar-refractivity contribution >= 4 is 17.7 Å². The van der Waals surface area contributed by atoms with Gasteiger partial charge in [0.2, 0.25) is 0 Å². The number of hydrogen-bond acceptors (Lipinski definition) is 7. The number of aliphatic hydroxyl groups is 1. The van der Waals surface area contributed by atoms with Crippen LogP contribution < -0.4 is 0 Å². The van der Waals surface area contributed by atoms with Crippen molar-refractivity contribution < 1.29 is 29.7 Å². The first-order chi connectivity index (χ1) is 8.49. The summed E-state index contributed by atoms with van der Waals surface area (Å²) in [5, 5.41) is 29.9. The third kappa shape index (κ3) is 3.41. The summed E-state index contributed by atoms with van der Waals surface area (Å²) in [7, 11) is 0. The summed E-state index contributed by atoms with van der Waals surface area (Å²) in [4.78, 5) is 23.7. The number of likely N-dealkylation sites (tertiary alicyclic amines) is 1. The average molecular weight is 260 g/mol. The second kappa shape index (κ2) is 6.31. The lowest BCUT2D eigenvalue weighted by atomic mass is 10.2. The Labute approximate surface area is 103 Å². The van der Waals surface area contributed by atoms with E-state index in [-0.39, 0.29) is 31.8 Å². The second-order valence-corrected chi connectivity index (χ2v) is 3.94. The monoisotopic (exact) mass is 260 g/mol. The summed E-state index contributed by atoms with van der Waals surface area (Å²) >= 11 is 0. The first-order valence-corrected chi connectivity index (χ1v) is 5.52. The molecule has 8 heteroatoms. The number of esters is 1. The van der Waals surface area contributed by atoms with E-state index >= 15 is 0 Å². The summed E-state index contributed by atoms with van der Waals surface area (Å²) < 4.78 is 4.66. The Kier molecular flexibility index (Phi) is 5.05. The van der Waals surface area contributed by atoms with Gasteiger partial charge < -0.3 is 20.2 Å². The van der Waals surface area contributed by atoms with Crippen LogP contribution in [0.5, 0.6) is 0 Å². The van der Waals surface area contributed by atoms with Crippen LogP contribution in [0.1, 0.15) is 13.3 Å². The zero-order valence-electron chi connectivity index (χ0n) is 9.94. The molecule has 1 rings (SSSR count). The Morgan fingerprint density at radius 1 is 1.50 bits per heavy atom. The van der Waals surface area contributed by atoms with E-state index in [0.29, 0.717) is 0 Å². The minimum absolute atomic E-state index is 0.0802. The molecule has 102 valence electrons. The highest BCUT2D eigenvalue weighted by molar-refractivity contribution is 6.37. The topological polar surface area (TPSA) is 120 Å². The Bertz CT molecular complexity index is 356. The van der Waals surface area contributed by atoms with E-state index in [2.05, 4.69) is 9.89 Å². The molecule has 0 spiro atoms. The molecular formula is C10H16N2O6. The van der Waals surface area contributed by atoms with E-state index in [1.165, 1.54) is 4.90 Å². The summed E-state index contributed by atoms with van der Waals surface area (Å²) in [6.07, 6.45) is -0.690. The van der Waals surface area contributed by atoms with Crippen molar-refractivity contribution in [1.29, 1.82) is 0 Å². The van der Waals surface area contributed by atoms with Crippen LogP contribution in [0.2, 0.25) is 0 Å². The minimum atomic E-state index is -1.09. The van der Waals surface area contributed by atoms with Crippen molar-refractivity contribution in [2.45, 2.75) is 25.5 Å². The van der Waals surface area contributed by atoms with Gasteiger partial charge >= 0.3 is 11.9 Å². The van der Waals surface area contributed by atoms with Gasteiger partial charge in [-0.2, -0.15) is 0 Å². The van der Waals surface area contributed by atoms with Crippen LogP contribution in [0.3, 0.4) is 0 Å². The van der Waals surface area contributed by atoms with Crippen LogP contribution in [-0.4, -0.2) is 69.8 Å². The van der Waals surface area contributed by atoms with Gasteiger partial charge in [0.05, 0.1) is 19.3 Å². The van der Waals surface area contributed by atoms with E-state index in [1.54, 1.807) is 6.92 Å². The Morgan fingerprint density at radius 3 is 2.67 bits per heavy atom. The zero-order valence-corrected chi connectivity index (χ0v) is 9.94. The maximum absolute atomic E-state index is 11.4. The largest absolute Gasteiger partial charge is 0.480 e. The number of hydrogen-bond donors (Lipinski definition) is 3. The molecule has 1 saturated heterocycles. The number of aliphatic hydroxyl groups excluding tert-OH is 1. The van der Waals surface area contributed by atoms with Crippen molar-refractivity contribution in [3.05, 3.63) is 0 Å². The van der Waals surface area contributed by atoms with E-state index < -0.39 is 24.1 Å². The fourth-order valence-electron chi connectivity index (χ4n) is 1.85. The molecule has 1 aliphatic rings. The molecule has 0 radical (unpaired) electrons. The molecule has 1 heterocycles. The average Bonchev–Trinajstić information content (AvgIpc) is 2.67. The first kappa shape index (κ1) is 14.4. The summed E-state index contributed by atoms with van der Waals surface area (Å²) in [6, 6.07) is -0.897. The van der Waals surface area contributed by atoms with Crippen molar-refractivity contribution in [3.8, 4) is 0 Å². The Hall–Kier alpha value is -1.67. The van der Waals surface area contributed by atoms with Crippen LogP contribution in [0.25, 0.3) is 0 Å². The number of nitrogens with zero attached hydrogens (tertiary/aromatic N) is 2. The molecular weight excluding hydrogens is 244 g/mol. The lowest BCUT2D eigenvalue weighted by molar-refractivity contribution is -0.142. The minimum Gasteiger partial charge on any atom is -0.480 e. The van der Waals surface area contributed by atoms with Gasteiger partial charge in [-0.05, 0) is 6.92 Å². The summed E-state index contributed by atoms with van der Waals surface area (Å²) in [5.41, 5.74) is -0.280. The number of rotatable bonds is 5. The molecule has 2 atom stereocenters. The highest BCUT2D eigenvalue weighted by atomic mass is 16.5. The van der Waals surface area contributed by atoms with Crippen LogP contribution in [0.15, 0.2) is 5.16 Å². The van der Waals surface area contributed by atoms with E-state index in [9.17, 15) is 14.7 Å². The maximum atomic E-state index is 11.4. The van der Waals surface area contributed by atoms with Gasteiger partial charge in [-0.1, -0.05) is 5.16 Å². The fraction of sp³-hybridized carbons (Fsp3) is 0.700. The molecule has 3 N–H and O–H groups in total. The number of carbonyl (C=O) groups is 2. The molecule has 0 bridgehead atoms. The van der Waals surface area contributed by atoms with Gasteiger partial charge in [0.15, 0.2) is 5.71 Å². The molecule has 0 aromatic heterocycles. The lowest BCUT2D eigenvalue weighted by Gasteiger charge is -2.20. The second-order valence-electron chi connectivity index (χ2n) is 3.94. The summed E-state index contributed by atoms with van der Waals surface area (Å²) in [6.45, 7) is 1.66. The number of ether oxygens (including phenoxy) is 1. The Morgan fingerprint density at radius 2 is 2.17 bits per heavy atom. The van der Waals surface area contributed by atoms with Crippen molar-refractivity contribution in [2.75, 3.05) is 19.7 Å². The van der Waals surface area contributed by atoms with E-state index in [0.717, 1.165) is 0 Å². The molecule has 18 heavy (non-hydrogen) atoms.